The number of morpholine rings is 1. The van der Waals surface area contributed by atoms with Gasteiger partial charge in [-0.2, -0.15) is 0 Å². The second-order valence-corrected chi connectivity index (χ2v) is 15.1. The molecule has 2 fully saturated rings. The number of thiazole rings is 1. The summed E-state index contributed by atoms with van der Waals surface area (Å²) in [5.41, 5.74) is 0.122. The van der Waals surface area contributed by atoms with Crippen molar-refractivity contribution in [3.63, 3.8) is 0 Å². The largest absolute Gasteiger partial charge is 0.469 e. The van der Waals surface area contributed by atoms with Crippen molar-refractivity contribution < 1.29 is 38.2 Å². The maximum atomic E-state index is 14.1. The van der Waals surface area contributed by atoms with Gasteiger partial charge in [0.2, 0.25) is 11.8 Å². The zero-order valence-corrected chi connectivity index (χ0v) is 32.0. The van der Waals surface area contributed by atoms with E-state index in [2.05, 4.69) is 25.6 Å². The predicted molar refractivity (Wildman–Crippen MR) is 192 cm³/mol. The summed E-state index contributed by atoms with van der Waals surface area (Å²) in [6.45, 7) is 8.44. The van der Waals surface area contributed by atoms with Crippen molar-refractivity contribution in [1.82, 2.24) is 35.4 Å². The Morgan fingerprint density at radius 1 is 1.10 bits per heavy atom. The van der Waals surface area contributed by atoms with Gasteiger partial charge in [-0.3, -0.25) is 28.9 Å². The molecule has 1 aliphatic heterocycles. The molecule has 0 bridgehead atoms. The first-order valence-electron chi connectivity index (χ1n) is 17.9. The Morgan fingerprint density at radius 3 is 2.42 bits per heavy atom. The van der Waals surface area contributed by atoms with E-state index < -0.39 is 54.0 Å². The number of aromatic nitrogens is 3. The van der Waals surface area contributed by atoms with Crippen LogP contribution in [0.2, 0.25) is 0 Å². The van der Waals surface area contributed by atoms with E-state index in [0.29, 0.717) is 36.3 Å². The molecule has 0 aromatic carbocycles. The van der Waals surface area contributed by atoms with E-state index in [1.165, 1.54) is 25.4 Å². The summed E-state index contributed by atoms with van der Waals surface area (Å²) in [5, 5.41) is 7.98. The van der Waals surface area contributed by atoms with E-state index in [1.54, 1.807) is 42.7 Å². The van der Waals surface area contributed by atoms with E-state index >= 15 is 0 Å². The molecule has 0 unspecified atom stereocenters. The van der Waals surface area contributed by atoms with Crippen LogP contribution in [0, 0.1) is 17.8 Å². The number of hydrogen-bond acceptors (Lipinski definition) is 13. The Labute approximate surface area is 309 Å². The zero-order chi connectivity index (χ0) is 37.9. The second kappa shape index (κ2) is 19.2. The van der Waals surface area contributed by atoms with Crippen molar-refractivity contribution >= 4 is 41.0 Å². The SMILES string of the molecule is COC(=O)[C@@H](C)C[C@H](Cc1ncccn1)NC(=O)c1csc([C@@H](C[C@H](C(C)C)N(C)C(=O)[C@H](CC2CC2)NC(=O)[C@H]2COCCN2C)OC(C)=O)n1. The quantitative estimate of drug-likeness (QED) is 0.213. The number of esters is 2. The van der Waals surface area contributed by atoms with Gasteiger partial charge in [-0.25, -0.2) is 15.0 Å². The van der Waals surface area contributed by atoms with Crippen molar-refractivity contribution in [2.45, 2.75) is 96.5 Å². The molecule has 2 aliphatic rings. The normalized spacial score (nSPS) is 19.1. The minimum atomic E-state index is -0.843. The van der Waals surface area contributed by atoms with E-state index in [0.717, 1.165) is 12.8 Å². The molecule has 1 saturated carbocycles. The topological polar surface area (TPSA) is 182 Å². The van der Waals surface area contributed by atoms with Gasteiger partial charge in [0.25, 0.3) is 5.91 Å². The van der Waals surface area contributed by atoms with E-state index in [-0.39, 0.29) is 49.3 Å². The van der Waals surface area contributed by atoms with Crippen LogP contribution < -0.4 is 10.6 Å². The van der Waals surface area contributed by atoms with Crippen LogP contribution in [0.15, 0.2) is 23.8 Å². The first-order chi connectivity index (χ1) is 24.8. The van der Waals surface area contributed by atoms with Crippen LogP contribution in [0.1, 0.15) is 87.2 Å². The molecule has 16 heteroatoms. The Bertz CT molecular complexity index is 1520. The Hall–Kier alpha value is -4.02. The lowest BCUT2D eigenvalue weighted by Crippen LogP contribution is -2.58. The average Bonchev–Trinajstić information content (AvgIpc) is 3.79. The fourth-order valence-electron chi connectivity index (χ4n) is 6.42. The molecule has 52 heavy (non-hydrogen) atoms. The van der Waals surface area contributed by atoms with Crippen LogP contribution in [0.4, 0.5) is 0 Å². The number of amides is 3. The van der Waals surface area contributed by atoms with Crippen LogP contribution in [0.5, 0.6) is 0 Å². The summed E-state index contributed by atoms with van der Waals surface area (Å²) >= 11 is 1.18. The van der Waals surface area contributed by atoms with Gasteiger partial charge in [0.1, 0.15) is 28.6 Å². The highest BCUT2D eigenvalue weighted by atomic mass is 32.1. The van der Waals surface area contributed by atoms with Gasteiger partial charge in [0.15, 0.2) is 6.10 Å². The summed E-state index contributed by atoms with van der Waals surface area (Å²) in [7, 11) is 4.90. The summed E-state index contributed by atoms with van der Waals surface area (Å²) in [5.74, 6) is -1.52. The molecule has 0 spiro atoms. The third-order valence-corrected chi connectivity index (χ3v) is 10.5. The summed E-state index contributed by atoms with van der Waals surface area (Å²) in [4.78, 5) is 82.2. The Balaban J connectivity index is 1.49. The fourth-order valence-corrected chi connectivity index (χ4v) is 7.26. The van der Waals surface area contributed by atoms with Gasteiger partial charge >= 0.3 is 11.9 Å². The molecular formula is C36H53N7O8S. The maximum absolute atomic E-state index is 14.1. The lowest BCUT2D eigenvalue weighted by Gasteiger charge is -2.37. The highest BCUT2D eigenvalue weighted by molar-refractivity contribution is 7.09. The minimum absolute atomic E-state index is 0.0531. The molecule has 2 aromatic rings. The Morgan fingerprint density at radius 2 is 1.81 bits per heavy atom. The summed E-state index contributed by atoms with van der Waals surface area (Å²) < 4.78 is 16.2. The van der Waals surface area contributed by atoms with Crippen LogP contribution in [0.25, 0.3) is 0 Å². The molecule has 2 aromatic heterocycles. The first-order valence-corrected chi connectivity index (χ1v) is 18.8. The second-order valence-electron chi connectivity index (χ2n) is 14.2. The number of rotatable bonds is 18. The number of likely N-dealkylation sites (N-methyl/N-ethyl adjacent to an activating group) is 2. The highest BCUT2D eigenvalue weighted by Gasteiger charge is 2.38. The van der Waals surface area contributed by atoms with Crippen molar-refractivity contribution in [1.29, 1.82) is 0 Å². The van der Waals surface area contributed by atoms with Crippen LogP contribution in [-0.2, 0) is 39.8 Å². The summed E-state index contributed by atoms with van der Waals surface area (Å²) in [6, 6.07) is -0.387. The van der Waals surface area contributed by atoms with Crippen molar-refractivity contribution in [3.8, 4) is 0 Å². The number of hydrogen-bond donors (Lipinski definition) is 2. The number of carbonyl (C=O) groups excluding carboxylic acids is 5. The average molecular weight is 744 g/mol. The van der Waals surface area contributed by atoms with E-state index in [4.69, 9.17) is 14.2 Å². The van der Waals surface area contributed by atoms with Gasteiger partial charge in [0, 0.05) is 63.2 Å². The van der Waals surface area contributed by atoms with Crippen molar-refractivity contribution in [3.05, 3.63) is 40.4 Å². The Kier molecular flexibility index (Phi) is 15.0. The third kappa shape index (κ3) is 11.7. The third-order valence-electron chi connectivity index (χ3n) is 9.61. The molecular weight excluding hydrogens is 691 g/mol. The van der Waals surface area contributed by atoms with Crippen LogP contribution >= 0.6 is 11.3 Å². The highest BCUT2D eigenvalue weighted by Crippen LogP contribution is 2.35. The van der Waals surface area contributed by atoms with Crippen molar-refractivity contribution in [2.75, 3.05) is 41.0 Å². The van der Waals surface area contributed by atoms with Gasteiger partial charge < -0.3 is 29.7 Å². The molecule has 15 nitrogen and oxygen atoms in total. The van der Waals surface area contributed by atoms with Gasteiger partial charge in [-0.05, 0) is 37.8 Å². The smallest absolute Gasteiger partial charge is 0.308 e. The molecule has 1 saturated heterocycles. The molecule has 2 N–H and O–H groups in total. The maximum Gasteiger partial charge on any atom is 0.308 e. The monoisotopic (exact) mass is 743 g/mol. The molecule has 6 atom stereocenters. The lowest BCUT2D eigenvalue weighted by molar-refractivity contribution is -0.149. The predicted octanol–water partition coefficient (Wildman–Crippen LogP) is 2.57. The molecule has 1 aliphatic carbocycles. The number of methoxy groups -OCH3 is 1. The first kappa shape index (κ1) is 40.7. The number of nitrogens with one attached hydrogen (secondary N) is 2. The summed E-state index contributed by atoms with van der Waals surface area (Å²) in [6.07, 6.45) is 5.75. The minimum Gasteiger partial charge on any atom is -0.469 e. The number of ether oxygens (including phenoxy) is 3. The lowest BCUT2D eigenvalue weighted by atomic mass is 9.95. The van der Waals surface area contributed by atoms with E-state index in [1.807, 2.05) is 25.8 Å². The van der Waals surface area contributed by atoms with Crippen LogP contribution in [-0.4, -0.2) is 120 Å². The number of nitrogens with zero attached hydrogens (tertiary/aromatic N) is 5. The molecule has 3 heterocycles. The van der Waals surface area contributed by atoms with E-state index in [9.17, 15) is 24.0 Å². The van der Waals surface area contributed by atoms with Gasteiger partial charge in [-0.15, -0.1) is 11.3 Å². The van der Waals surface area contributed by atoms with Gasteiger partial charge in [-0.1, -0.05) is 33.6 Å². The molecule has 286 valence electrons. The fraction of sp³-hybridized carbons (Fsp3) is 0.667. The van der Waals surface area contributed by atoms with Crippen LogP contribution in [0.3, 0.4) is 0 Å². The molecule has 0 radical (unpaired) electrons. The van der Waals surface area contributed by atoms with Crippen molar-refractivity contribution in [2.24, 2.45) is 17.8 Å². The molecule has 3 amide bonds. The number of carbonyl (C=O) groups is 5. The van der Waals surface area contributed by atoms with Gasteiger partial charge in [0.05, 0.1) is 26.2 Å². The molecule has 4 rings (SSSR count). The zero-order valence-electron chi connectivity index (χ0n) is 31.2. The standard InChI is InChI=1S/C36H53N7O8S/c1-21(2)28(43(6)35(47)26(16-24-9-10-24)40-33(46)29-19-50-14-13-42(29)5)18-30(51-23(4)44)34-41-27(20-52-34)32(45)39-25(15-22(3)36(48)49-7)17-31-37-11-8-12-38-31/h8,11-12,20-22,24-26,28-30H,9-10,13-19H2,1-7H3,(H,39,45)(H,40,46)/t22-,25+,26-,28+,29+,30+/m0/s1.